The zero-order valence-electron chi connectivity index (χ0n) is 13.1. The van der Waals surface area contributed by atoms with Gasteiger partial charge in [-0.3, -0.25) is 0 Å². The van der Waals surface area contributed by atoms with Crippen molar-refractivity contribution in [1.29, 1.82) is 0 Å². The highest BCUT2D eigenvalue weighted by atomic mass is 35.5. The smallest absolute Gasteiger partial charge is 0.379 e. The van der Waals surface area contributed by atoms with Crippen molar-refractivity contribution >= 4 is 27.4 Å². The summed E-state index contributed by atoms with van der Waals surface area (Å²) in [6, 6.07) is 15.0. The molecule has 0 aliphatic carbocycles. The lowest BCUT2D eigenvalue weighted by molar-refractivity contribution is 0.0695. The Kier molecular flexibility index (Phi) is 4.65. The van der Waals surface area contributed by atoms with E-state index in [0.29, 0.717) is 5.02 Å². The molecule has 2 aromatic carbocycles. The van der Waals surface area contributed by atoms with Crippen molar-refractivity contribution in [3.63, 3.8) is 0 Å². The third-order valence-corrected chi connectivity index (χ3v) is 5.30. The third kappa shape index (κ3) is 3.75. The van der Waals surface area contributed by atoms with Crippen LogP contribution in [0.25, 0.3) is 0 Å². The van der Waals surface area contributed by atoms with E-state index in [-0.39, 0.29) is 21.5 Å². The second-order valence-corrected chi connectivity index (χ2v) is 7.60. The molecule has 0 radical (unpaired) electrons. The zero-order chi connectivity index (χ0) is 18.0. The Hall–Kier alpha value is -2.57. The van der Waals surface area contributed by atoms with Crippen molar-refractivity contribution in [2.24, 2.45) is 0 Å². The molecule has 0 atom stereocenters. The summed E-state index contributed by atoms with van der Waals surface area (Å²) < 4.78 is 35.4. The zero-order valence-corrected chi connectivity index (χ0v) is 14.7. The molecule has 128 valence electrons. The number of carbonyl (C=O) groups excluding carboxylic acids is 1. The normalized spacial score (nSPS) is 11.3. The van der Waals surface area contributed by atoms with Gasteiger partial charge in [-0.15, -0.1) is 0 Å². The number of ether oxygens (including phenoxy) is 1. The SMILES string of the molecule is Cc1ccc(S(=O)(=O)c2ccc(C(=O)Oc3ccc(Cl)cc3)o2)cc1. The lowest BCUT2D eigenvalue weighted by atomic mass is 10.2. The maximum Gasteiger partial charge on any atom is 0.379 e. The standard InChI is InChI=1S/C18H13ClO5S/c1-12-2-8-15(9-3-12)25(21,22)17-11-10-16(24-17)18(20)23-14-6-4-13(19)5-7-14/h2-11H,1H3. The minimum atomic E-state index is -3.84. The lowest BCUT2D eigenvalue weighted by Gasteiger charge is -2.03. The number of aryl methyl sites for hydroxylation is 1. The molecule has 0 saturated heterocycles. The first-order valence-electron chi connectivity index (χ1n) is 7.25. The summed E-state index contributed by atoms with van der Waals surface area (Å²) in [5, 5.41) is 0.184. The minimum absolute atomic E-state index is 0.0880. The van der Waals surface area contributed by atoms with Crippen LogP contribution in [0.2, 0.25) is 5.02 Å². The van der Waals surface area contributed by atoms with Crippen molar-refractivity contribution < 1.29 is 22.4 Å². The average molecular weight is 377 g/mol. The van der Waals surface area contributed by atoms with Crippen molar-refractivity contribution in [2.45, 2.75) is 16.9 Å². The van der Waals surface area contributed by atoms with E-state index in [9.17, 15) is 13.2 Å². The van der Waals surface area contributed by atoms with Crippen LogP contribution in [0.4, 0.5) is 0 Å². The third-order valence-electron chi connectivity index (χ3n) is 3.40. The summed E-state index contributed by atoms with van der Waals surface area (Å²) >= 11 is 5.76. The van der Waals surface area contributed by atoms with Crippen molar-refractivity contribution in [2.75, 3.05) is 0 Å². The molecule has 0 aliphatic heterocycles. The molecule has 3 aromatic rings. The van der Waals surface area contributed by atoms with Gasteiger partial charge in [0.1, 0.15) is 5.75 Å². The van der Waals surface area contributed by atoms with Gasteiger partial charge < -0.3 is 9.15 Å². The fourth-order valence-corrected chi connectivity index (χ4v) is 3.37. The second kappa shape index (κ2) is 6.74. The van der Waals surface area contributed by atoms with Crippen LogP contribution >= 0.6 is 11.6 Å². The van der Waals surface area contributed by atoms with Gasteiger partial charge in [0, 0.05) is 5.02 Å². The molecule has 7 heteroatoms. The van der Waals surface area contributed by atoms with Crippen LogP contribution in [0, 0.1) is 6.92 Å². The van der Waals surface area contributed by atoms with Crippen LogP contribution in [0.1, 0.15) is 16.1 Å². The van der Waals surface area contributed by atoms with Gasteiger partial charge in [0.05, 0.1) is 4.90 Å². The van der Waals surface area contributed by atoms with Gasteiger partial charge >= 0.3 is 5.97 Å². The maximum atomic E-state index is 12.5. The summed E-state index contributed by atoms with van der Waals surface area (Å²) in [6.45, 7) is 1.86. The highest BCUT2D eigenvalue weighted by molar-refractivity contribution is 7.91. The fourth-order valence-electron chi connectivity index (χ4n) is 2.07. The summed E-state index contributed by atoms with van der Waals surface area (Å²) in [6.07, 6.45) is 0. The summed E-state index contributed by atoms with van der Waals surface area (Å²) in [5.74, 6) is -0.734. The number of hydrogen-bond acceptors (Lipinski definition) is 5. The van der Waals surface area contributed by atoms with Gasteiger partial charge in [0.25, 0.3) is 0 Å². The second-order valence-electron chi connectivity index (χ2n) is 5.28. The summed E-state index contributed by atoms with van der Waals surface area (Å²) in [4.78, 5) is 12.2. The number of sulfone groups is 1. The van der Waals surface area contributed by atoms with Gasteiger partial charge in [-0.25, -0.2) is 13.2 Å². The molecule has 1 aromatic heterocycles. The molecule has 0 aliphatic rings. The highest BCUT2D eigenvalue weighted by Gasteiger charge is 2.24. The fraction of sp³-hybridized carbons (Fsp3) is 0.0556. The number of rotatable bonds is 4. The van der Waals surface area contributed by atoms with Crippen LogP contribution < -0.4 is 4.74 Å². The highest BCUT2D eigenvalue weighted by Crippen LogP contribution is 2.24. The lowest BCUT2D eigenvalue weighted by Crippen LogP contribution is -2.07. The molecule has 0 bridgehead atoms. The topological polar surface area (TPSA) is 73.6 Å². The molecule has 0 fully saturated rings. The molecule has 0 spiro atoms. The first-order valence-corrected chi connectivity index (χ1v) is 9.12. The van der Waals surface area contributed by atoms with Crippen LogP contribution in [0.15, 0.2) is 75.1 Å². The molecule has 0 amide bonds. The number of benzene rings is 2. The first kappa shape index (κ1) is 17.3. The Morgan fingerprint density at radius 3 is 2.24 bits per heavy atom. The quantitative estimate of drug-likeness (QED) is 0.501. The van der Waals surface area contributed by atoms with Crippen LogP contribution in [0.3, 0.4) is 0 Å². The largest absolute Gasteiger partial charge is 0.437 e. The predicted molar refractivity (Wildman–Crippen MR) is 91.7 cm³/mol. The molecular formula is C18H13ClO5S. The van der Waals surface area contributed by atoms with Crippen molar-refractivity contribution in [3.05, 3.63) is 77.0 Å². The van der Waals surface area contributed by atoms with E-state index in [1.807, 2.05) is 6.92 Å². The van der Waals surface area contributed by atoms with Gasteiger partial charge in [0.2, 0.25) is 20.7 Å². The minimum Gasteiger partial charge on any atom is -0.437 e. The van der Waals surface area contributed by atoms with Gasteiger partial charge in [-0.2, -0.15) is 0 Å². The van der Waals surface area contributed by atoms with Crippen LogP contribution in [0.5, 0.6) is 5.75 Å². The molecule has 1 heterocycles. The molecule has 0 saturated carbocycles. The number of esters is 1. The van der Waals surface area contributed by atoms with Gasteiger partial charge in [-0.05, 0) is 55.5 Å². The molecule has 25 heavy (non-hydrogen) atoms. The first-order chi connectivity index (χ1) is 11.9. The van der Waals surface area contributed by atoms with Crippen LogP contribution in [-0.2, 0) is 9.84 Å². The van der Waals surface area contributed by atoms with E-state index < -0.39 is 15.8 Å². The maximum absolute atomic E-state index is 12.5. The van der Waals surface area contributed by atoms with E-state index in [0.717, 1.165) is 5.56 Å². The van der Waals surface area contributed by atoms with Crippen LogP contribution in [-0.4, -0.2) is 14.4 Å². The van der Waals surface area contributed by atoms with E-state index in [2.05, 4.69) is 0 Å². The Balaban J connectivity index is 1.82. The van der Waals surface area contributed by atoms with E-state index in [1.54, 1.807) is 24.3 Å². The average Bonchev–Trinajstić information content (AvgIpc) is 3.08. The Morgan fingerprint density at radius 1 is 0.960 bits per heavy atom. The molecular weight excluding hydrogens is 364 g/mol. The van der Waals surface area contributed by atoms with Gasteiger partial charge in [0.15, 0.2) is 0 Å². The molecule has 3 rings (SSSR count). The molecule has 0 unspecified atom stereocenters. The summed E-state index contributed by atoms with van der Waals surface area (Å²) in [5.41, 5.74) is 0.936. The Labute approximate surface area is 149 Å². The molecule has 0 N–H and O–H groups in total. The number of hydrogen-bond donors (Lipinski definition) is 0. The Bertz CT molecular complexity index is 1000. The van der Waals surface area contributed by atoms with Crippen molar-refractivity contribution in [3.8, 4) is 5.75 Å². The summed E-state index contributed by atoms with van der Waals surface area (Å²) in [7, 11) is -3.84. The van der Waals surface area contributed by atoms with Crippen molar-refractivity contribution in [1.82, 2.24) is 0 Å². The van der Waals surface area contributed by atoms with Gasteiger partial charge in [-0.1, -0.05) is 29.3 Å². The Morgan fingerprint density at radius 2 is 1.60 bits per heavy atom. The number of furan rings is 1. The number of carbonyl (C=O) groups is 1. The van der Waals surface area contributed by atoms with E-state index in [1.165, 1.54) is 36.4 Å². The monoisotopic (exact) mass is 376 g/mol. The van der Waals surface area contributed by atoms with E-state index >= 15 is 0 Å². The number of halogens is 1. The van der Waals surface area contributed by atoms with E-state index in [4.69, 9.17) is 20.8 Å². The molecule has 5 nitrogen and oxygen atoms in total. The predicted octanol–water partition coefficient (Wildman–Crippen LogP) is 4.29.